The van der Waals surface area contributed by atoms with Gasteiger partial charge in [0.05, 0.1) is 20.6 Å². The predicted molar refractivity (Wildman–Crippen MR) is 133 cm³/mol. The number of halogens is 3. The molecule has 0 saturated carbocycles. The summed E-state index contributed by atoms with van der Waals surface area (Å²) in [6.07, 6.45) is 0. The van der Waals surface area contributed by atoms with Gasteiger partial charge in [-0.3, -0.25) is 9.10 Å². The summed E-state index contributed by atoms with van der Waals surface area (Å²) < 4.78 is 41.2. The highest BCUT2D eigenvalue weighted by Crippen LogP contribution is 2.35. The summed E-state index contributed by atoms with van der Waals surface area (Å²) in [5.41, 5.74) is 0.696. The van der Waals surface area contributed by atoms with Gasteiger partial charge in [0.25, 0.3) is 10.0 Å². The molecule has 0 aliphatic heterocycles. The first-order valence-electron chi connectivity index (χ1n) is 9.90. The molecule has 174 valence electrons. The minimum Gasteiger partial charge on any atom is -0.354 e. The normalized spacial score (nSPS) is 11.2. The van der Waals surface area contributed by atoms with E-state index in [1.165, 1.54) is 42.1 Å². The molecule has 0 aliphatic rings. The standard InChI is InChI=1S/C23H21Cl2FN2O3S2/c24-19-10-6-12-21(23(19)25)28(33(30,31)18-8-2-1-3-9-18)15-22(29)27-13-14-32-16-17-7-4-5-11-20(17)26/h1-12H,13-16H2,(H,27,29). The van der Waals surface area contributed by atoms with E-state index in [1.807, 2.05) is 0 Å². The fraction of sp³-hybridized carbons (Fsp3) is 0.174. The maximum atomic E-state index is 13.7. The van der Waals surface area contributed by atoms with Crippen LogP contribution in [0.3, 0.4) is 0 Å². The van der Waals surface area contributed by atoms with Crippen LogP contribution < -0.4 is 9.62 Å². The van der Waals surface area contributed by atoms with Crippen LogP contribution in [0.2, 0.25) is 10.0 Å². The zero-order valence-electron chi connectivity index (χ0n) is 17.4. The van der Waals surface area contributed by atoms with E-state index in [-0.39, 0.29) is 26.4 Å². The van der Waals surface area contributed by atoms with E-state index in [0.717, 1.165) is 4.31 Å². The number of nitrogens with one attached hydrogen (secondary N) is 1. The third-order valence-corrected chi connectivity index (χ3v) is 8.19. The van der Waals surface area contributed by atoms with E-state index in [1.54, 1.807) is 42.5 Å². The summed E-state index contributed by atoms with van der Waals surface area (Å²) in [7, 11) is -4.08. The number of benzene rings is 3. The van der Waals surface area contributed by atoms with Crippen LogP contribution >= 0.6 is 35.0 Å². The third kappa shape index (κ3) is 6.63. The third-order valence-electron chi connectivity index (χ3n) is 4.60. The van der Waals surface area contributed by atoms with Gasteiger partial charge in [-0.05, 0) is 35.9 Å². The average Bonchev–Trinajstić information content (AvgIpc) is 2.81. The summed E-state index contributed by atoms with van der Waals surface area (Å²) in [5, 5.41) is 2.91. The number of hydrogen-bond acceptors (Lipinski definition) is 4. The summed E-state index contributed by atoms with van der Waals surface area (Å²) in [6, 6.07) is 18.9. The van der Waals surface area contributed by atoms with Gasteiger partial charge in [-0.15, -0.1) is 0 Å². The number of thioether (sulfide) groups is 1. The van der Waals surface area contributed by atoms with E-state index in [2.05, 4.69) is 5.32 Å². The van der Waals surface area contributed by atoms with E-state index >= 15 is 0 Å². The fourth-order valence-electron chi connectivity index (χ4n) is 2.95. The molecule has 3 aromatic rings. The topological polar surface area (TPSA) is 66.5 Å². The molecule has 0 aliphatic carbocycles. The minimum atomic E-state index is -4.08. The number of sulfonamides is 1. The lowest BCUT2D eigenvalue weighted by molar-refractivity contribution is -0.119. The highest BCUT2D eigenvalue weighted by molar-refractivity contribution is 7.98. The van der Waals surface area contributed by atoms with Gasteiger partial charge in [0.2, 0.25) is 5.91 Å². The Labute approximate surface area is 206 Å². The molecule has 5 nitrogen and oxygen atoms in total. The lowest BCUT2D eigenvalue weighted by atomic mass is 10.2. The molecule has 0 unspecified atom stereocenters. The molecular formula is C23H21Cl2FN2O3S2. The summed E-state index contributed by atoms with van der Waals surface area (Å²) in [4.78, 5) is 12.6. The molecule has 33 heavy (non-hydrogen) atoms. The van der Waals surface area contributed by atoms with Gasteiger partial charge in [0.15, 0.2) is 0 Å². The Morgan fingerprint density at radius 2 is 1.67 bits per heavy atom. The molecule has 0 saturated heterocycles. The van der Waals surface area contributed by atoms with Crippen LogP contribution in [0.1, 0.15) is 5.56 Å². The highest BCUT2D eigenvalue weighted by Gasteiger charge is 2.29. The smallest absolute Gasteiger partial charge is 0.264 e. The minimum absolute atomic E-state index is 0.0225. The van der Waals surface area contributed by atoms with Crippen molar-refractivity contribution < 1.29 is 17.6 Å². The summed E-state index contributed by atoms with van der Waals surface area (Å²) >= 11 is 13.8. The van der Waals surface area contributed by atoms with Crippen LogP contribution in [0.4, 0.5) is 10.1 Å². The quantitative estimate of drug-likeness (QED) is 0.360. The van der Waals surface area contributed by atoms with E-state index in [9.17, 15) is 17.6 Å². The molecule has 0 aromatic heterocycles. The van der Waals surface area contributed by atoms with Crippen molar-refractivity contribution in [1.29, 1.82) is 0 Å². The molecular weight excluding hydrogens is 506 g/mol. The number of nitrogens with zero attached hydrogens (tertiary/aromatic N) is 1. The first-order chi connectivity index (χ1) is 15.8. The molecule has 0 bridgehead atoms. The molecule has 0 radical (unpaired) electrons. The molecule has 0 heterocycles. The van der Waals surface area contributed by atoms with E-state index in [0.29, 0.717) is 23.6 Å². The van der Waals surface area contributed by atoms with Gasteiger partial charge in [0.1, 0.15) is 12.4 Å². The Morgan fingerprint density at radius 3 is 2.39 bits per heavy atom. The van der Waals surface area contributed by atoms with E-state index < -0.39 is 22.5 Å². The van der Waals surface area contributed by atoms with Gasteiger partial charge >= 0.3 is 0 Å². The number of rotatable bonds is 10. The predicted octanol–water partition coefficient (Wildman–Crippen LogP) is 5.38. The maximum absolute atomic E-state index is 13.7. The number of hydrogen-bond donors (Lipinski definition) is 1. The van der Waals surface area contributed by atoms with Gasteiger partial charge in [-0.1, -0.05) is 65.7 Å². The van der Waals surface area contributed by atoms with Crippen LogP contribution in [0.5, 0.6) is 0 Å². The second kappa shape index (κ2) is 11.7. The van der Waals surface area contributed by atoms with Crippen molar-refractivity contribution in [3.05, 3.63) is 94.2 Å². The van der Waals surface area contributed by atoms with Crippen LogP contribution in [0.25, 0.3) is 0 Å². The van der Waals surface area contributed by atoms with Crippen molar-refractivity contribution in [1.82, 2.24) is 5.32 Å². The number of carbonyl (C=O) groups is 1. The second-order valence-electron chi connectivity index (χ2n) is 6.89. The number of carbonyl (C=O) groups excluding carboxylic acids is 1. The van der Waals surface area contributed by atoms with E-state index in [4.69, 9.17) is 23.2 Å². The zero-order valence-corrected chi connectivity index (χ0v) is 20.5. The van der Waals surface area contributed by atoms with Crippen molar-refractivity contribution >= 4 is 56.6 Å². The lowest BCUT2D eigenvalue weighted by Crippen LogP contribution is -2.41. The van der Waals surface area contributed by atoms with Crippen molar-refractivity contribution in [3.8, 4) is 0 Å². The molecule has 0 fully saturated rings. The lowest BCUT2D eigenvalue weighted by Gasteiger charge is -2.25. The molecule has 3 aromatic carbocycles. The van der Waals surface area contributed by atoms with Crippen molar-refractivity contribution in [2.45, 2.75) is 10.6 Å². The monoisotopic (exact) mass is 526 g/mol. The molecule has 0 spiro atoms. The molecule has 3 rings (SSSR count). The number of anilines is 1. The van der Waals surface area contributed by atoms with Gasteiger partial charge < -0.3 is 5.32 Å². The Balaban J connectivity index is 1.68. The van der Waals surface area contributed by atoms with Crippen LogP contribution in [0, 0.1) is 5.82 Å². The summed E-state index contributed by atoms with van der Waals surface area (Å²) in [6.45, 7) is -0.185. The first kappa shape index (κ1) is 25.4. The molecule has 1 amide bonds. The summed E-state index contributed by atoms with van der Waals surface area (Å²) in [5.74, 6) is 0.227. The van der Waals surface area contributed by atoms with Crippen molar-refractivity contribution in [2.24, 2.45) is 0 Å². The maximum Gasteiger partial charge on any atom is 0.264 e. The first-order valence-corrected chi connectivity index (χ1v) is 13.3. The van der Waals surface area contributed by atoms with Crippen LogP contribution in [-0.2, 0) is 20.6 Å². The zero-order chi connectivity index (χ0) is 23.8. The van der Waals surface area contributed by atoms with Gasteiger partial charge in [-0.25, -0.2) is 12.8 Å². The van der Waals surface area contributed by atoms with Crippen LogP contribution in [0.15, 0.2) is 77.7 Å². The van der Waals surface area contributed by atoms with Gasteiger partial charge in [-0.2, -0.15) is 11.8 Å². The van der Waals surface area contributed by atoms with Crippen LogP contribution in [-0.4, -0.2) is 33.2 Å². The Hall–Kier alpha value is -2.26. The Bertz CT molecular complexity index is 1210. The number of amides is 1. The second-order valence-corrected chi connectivity index (χ2v) is 10.6. The molecule has 1 N–H and O–H groups in total. The Morgan fingerprint density at radius 1 is 0.970 bits per heavy atom. The average molecular weight is 527 g/mol. The SMILES string of the molecule is O=C(CN(c1cccc(Cl)c1Cl)S(=O)(=O)c1ccccc1)NCCSCc1ccccc1F. The highest BCUT2D eigenvalue weighted by atomic mass is 35.5. The van der Waals surface area contributed by atoms with Gasteiger partial charge in [0, 0.05) is 18.1 Å². The van der Waals surface area contributed by atoms with Crippen molar-refractivity contribution in [3.63, 3.8) is 0 Å². The molecule has 0 atom stereocenters. The fourth-order valence-corrected chi connectivity index (χ4v) is 5.70. The van der Waals surface area contributed by atoms with Crippen molar-refractivity contribution in [2.75, 3.05) is 23.1 Å². The molecule has 10 heteroatoms. The largest absolute Gasteiger partial charge is 0.354 e. The Kier molecular flexibility index (Phi) is 9.02.